The molecule has 1 amide bonds. The van der Waals surface area contributed by atoms with Gasteiger partial charge in [0.1, 0.15) is 5.75 Å². The van der Waals surface area contributed by atoms with Gasteiger partial charge >= 0.3 is 6.18 Å². The van der Waals surface area contributed by atoms with Crippen LogP contribution < -0.4 is 4.74 Å². The van der Waals surface area contributed by atoms with Crippen LogP contribution in [0.15, 0.2) is 29.4 Å². The Morgan fingerprint density at radius 2 is 2.00 bits per heavy atom. The summed E-state index contributed by atoms with van der Waals surface area (Å²) in [5, 5.41) is 13.5. The highest BCUT2D eigenvalue weighted by molar-refractivity contribution is 5.89. The first-order chi connectivity index (χ1) is 10.2. The first kappa shape index (κ1) is 16.3. The number of carbonyl (C=O) groups excluding carboxylic acids is 1. The molecule has 2 rings (SSSR count). The summed E-state index contributed by atoms with van der Waals surface area (Å²) < 4.78 is 44.1. The van der Waals surface area contributed by atoms with Crippen LogP contribution in [0, 0.1) is 0 Å². The van der Waals surface area contributed by atoms with Crippen LogP contribution >= 0.6 is 0 Å². The van der Waals surface area contributed by atoms with Gasteiger partial charge in [0.2, 0.25) is 5.91 Å². The lowest BCUT2D eigenvalue weighted by molar-refractivity contribution is -0.302. The van der Waals surface area contributed by atoms with Gasteiger partial charge in [0.05, 0.1) is 13.5 Å². The van der Waals surface area contributed by atoms with Crippen LogP contribution in [-0.2, 0) is 11.2 Å². The average molecular weight is 316 g/mol. The minimum atomic E-state index is -4.98. The zero-order chi connectivity index (χ0) is 16.5. The Morgan fingerprint density at radius 3 is 2.50 bits per heavy atom. The molecule has 0 unspecified atom stereocenters. The van der Waals surface area contributed by atoms with Crippen molar-refractivity contribution in [3.05, 3.63) is 29.8 Å². The molecule has 5 nitrogen and oxygen atoms in total. The predicted molar refractivity (Wildman–Crippen MR) is 72.3 cm³/mol. The molecule has 1 aliphatic rings. The third-order valence-corrected chi connectivity index (χ3v) is 3.33. The molecule has 1 atom stereocenters. The fourth-order valence-electron chi connectivity index (χ4n) is 2.20. The lowest BCUT2D eigenvalue weighted by atomic mass is 10.1. The van der Waals surface area contributed by atoms with Crippen LogP contribution in [-0.4, -0.2) is 40.7 Å². The standard InChI is InChI=1S/C14H15F3N2O3/c1-9-8-13(21,14(15,16)17)19(18-9)12(20)7-10-3-5-11(22-2)6-4-10/h3-6,21H,7-8H2,1-2H3/t13-/m1/s1. The maximum atomic E-state index is 13.0. The molecule has 120 valence electrons. The summed E-state index contributed by atoms with van der Waals surface area (Å²) in [6.07, 6.45) is -6.03. The van der Waals surface area contributed by atoms with Crippen LogP contribution in [0.25, 0.3) is 0 Å². The van der Waals surface area contributed by atoms with E-state index in [0.717, 1.165) is 0 Å². The highest BCUT2D eigenvalue weighted by atomic mass is 19.4. The number of nitrogens with zero attached hydrogens (tertiary/aromatic N) is 2. The first-order valence-electron chi connectivity index (χ1n) is 6.46. The molecule has 1 N–H and O–H groups in total. The van der Waals surface area contributed by atoms with Gasteiger partial charge in [-0.15, -0.1) is 0 Å². The zero-order valence-electron chi connectivity index (χ0n) is 12.0. The number of aliphatic hydroxyl groups is 1. The molecule has 0 bridgehead atoms. The summed E-state index contributed by atoms with van der Waals surface area (Å²) in [4.78, 5) is 12.1. The summed E-state index contributed by atoms with van der Waals surface area (Å²) in [6, 6.07) is 6.32. The molecule has 0 aliphatic carbocycles. The van der Waals surface area contributed by atoms with Crippen molar-refractivity contribution in [2.75, 3.05) is 7.11 Å². The van der Waals surface area contributed by atoms with Crippen LogP contribution in [0.1, 0.15) is 18.9 Å². The van der Waals surface area contributed by atoms with Crippen LogP contribution in [0.5, 0.6) is 5.75 Å². The quantitative estimate of drug-likeness (QED) is 0.929. The van der Waals surface area contributed by atoms with E-state index in [9.17, 15) is 23.1 Å². The number of hydrazone groups is 1. The van der Waals surface area contributed by atoms with Crippen molar-refractivity contribution in [2.24, 2.45) is 5.10 Å². The van der Waals surface area contributed by atoms with Gasteiger partial charge in [-0.25, -0.2) is 0 Å². The molecule has 0 spiro atoms. The van der Waals surface area contributed by atoms with Gasteiger partial charge in [-0.05, 0) is 24.6 Å². The Bertz CT molecular complexity index is 598. The van der Waals surface area contributed by atoms with Gasteiger partial charge in [-0.3, -0.25) is 4.79 Å². The molecule has 0 saturated heterocycles. The second kappa shape index (κ2) is 5.60. The van der Waals surface area contributed by atoms with Crippen molar-refractivity contribution >= 4 is 11.6 Å². The smallest absolute Gasteiger partial charge is 0.438 e. The summed E-state index contributed by atoms with van der Waals surface area (Å²) >= 11 is 0. The molecule has 1 aromatic carbocycles. The van der Waals surface area contributed by atoms with E-state index in [4.69, 9.17) is 4.74 Å². The summed E-state index contributed by atoms with van der Waals surface area (Å²) in [6.45, 7) is 1.33. The van der Waals surface area contributed by atoms with E-state index in [2.05, 4.69) is 5.10 Å². The van der Waals surface area contributed by atoms with E-state index in [-0.39, 0.29) is 17.1 Å². The van der Waals surface area contributed by atoms with E-state index >= 15 is 0 Å². The fraction of sp³-hybridized carbons (Fsp3) is 0.429. The van der Waals surface area contributed by atoms with Crippen LogP contribution in [0.2, 0.25) is 0 Å². The Balaban J connectivity index is 2.19. The third kappa shape index (κ3) is 2.92. The Labute approximate surface area is 125 Å². The van der Waals surface area contributed by atoms with Gasteiger partial charge < -0.3 is 9.84 Å². The Hall–Kier alpha value is -2.09. The van der Waals surface area contributed by atoms with E-state index in [1.54, 1.807) is 24.3 Å². The highest BCUT2D eigenvalue weighted by Gasteiger charge is 2.62. The number of ether oxygens (including phenoxy) is 1. The number of amides is 1. The maximum Gasteiger partial charge on any atom is 0.438 e. The number of methoxy groups -OCH3 is 1. The minimum Gasteiger partial charge on any atom is -0.497 e. The van der Waals surface area contributed by atoms with E-state index in [0.29, 0.717) is 11.3 Å². The molecule has 0 fully saturated rings. The molecular formula is C14H15F3N2O3. The molecule has 0 aromatic heterocycles. The molecule has 1 aromatic rings. The minimum absolute atomic E-state index is 0.0444. The third-order valence-electron chi connectivity index (χ3n) is 3.33. The molecule has 1 heterocycles. The number of halogens is 3. The molecule has 1 aliphatic heterocycles. The van der Waals surface area contributed by atoms with E-state index in [1.807, 2.05) is 0 Å². The first-order valence-corrected chi connectivity index (χ1v) is 6.46. The number of rotatable bonds is 3. The average Bonchev–Trinajstić information content (AvgIpc) is 2.76. The van der Waals surface area contributed by atoms with E-state index < -0.39 is 24.2 Å². The van der Waals surface area contributed by atoms with Gasteiger partial charge in [0.15, 0.2) is 0 Å². The summed E-state index contributed by atoms with van der Waals surface area (Å²) in [5.41, 5.74) is -2.74. The number of hydrogen-bond donors (Lipinski definition) is 1. The van der Waals surface area contributed by atoms with Crippen LogP contribution in [0.4, 0.5) is 13.2 Å². The molecule has 22 heavy (non-hydrogen) atoms. The second-order valence-electron chi connectivity index (χ2n) is 5.06. The van der Waals surface area contributed by atoms with Crippen molar-refractivity contribution < 1.29 is 27.8 Å². The normalized spacial score (nSPS) is 21.7. The van der Waals surface area contributed by atoms with Crippen molar-refractivity contribution in [3.8, 4) is 5.75 Å². The SMILES string of the molecule is COc1ccc(CC(=O)N2N=C(C)C[C@@]2(O)C(F)(F)F)cc1. The molecular weight excluding hydrogens is 301 g/mol. The fourth-order valence-corrected chi connectivity index (χ4v) is 2.20. The summed E-state index contributed by atoms with van der Waals surface area (Å²) in [5.74, 6) is -0.361. The maximum absolute atomic E-state index is 13.0. The van der Waals surface area contributed by atoms with Gasteiger partial charge in [-0.1, -0.05) is 12.1 Å². The lowest BCUT2D eigenvalue weighted by Gasteiger charge is -2.32. The molecule has 0 radical (unpaired) electrons. The lowest BCUT2D eigenvalue weighted by Crippen LogP contribution is -2.57. The van der Waals surface area contributed by atoms with Gasteiger partial charge in [0.25, 0.3) is 5.72 Å². The predicted octanol–water partition coefficient (Wildman–Crippen LogP) is 2.10. The monoisotopic (exact) mass is 316 g/mol. The number of carbonyl (C=O) groups is 1. The second-order valence-corrected chi connectivity index (χ2v) is 5.06. The van der Waals surface area contributed by atoms with Gasteiger partial charge in [-0.2, -0.15) is 23.3 Å². The van der Waals surface area contributed by atoms with Crippen molar-refractivity contribution in [1.29, 1.82) is 0 Å². The number of benzene rings is 1. The van der Waals surface area contributed by atoms with E-state index in [1.165, 1.54) is 14.0 Å². The largest absolute Gasteiger partial charge is 0.497 e. The zero-order valence-corrected chi connectivity index (χ0v) is 12.0. The van der Waals surface area contributed by atoms with Crippen molar-refractivity contribution in [3.63, 3.8) is 0 Å². The Morgan fingerprint density at radius 1 is 1.41 bits per heavy atom. The van der Waals surface area contributed by atoms with Crippen molar-refractivity contribution in [2.45, 2.75) is 31.7 Å². The molecule has 8 heteroatoms. The van der Waals surface area contributed by atoms with Crippen molar-refractivity contribution in [1.82, 2.24) is 5.01 Å². The topological polar surface area (TPSA) is 62.1 Å². The van der Waals surface area contributed by atoms with Crippen LogP contribution in [0.3, 0.4) is 0 Å². The van der Waals surface area contributed by atoms with Gasteiger partial charge in [0, 0.05) is 12.1 Å². The number of hydrogen-bond acceptors (Lipinski definition) is 4. The highest BCUT2D eigenvalue weighted by Crippen LogP contribution is 2.40. The molecule has 0 saturated carbocycles. The summed E-state index contributed by atoms with van der Waals surface area (Å²) in [7, 11) is 1.48. The number of alkyl halides is 3. The Kier molecular flexibility index (Phi) is 4.15.